The average molecular weight is 336 g/mol. The zero-order valence-electron chi connectivity index (χ0n) is 14.1. The van der Waals surface area contributed by atoms with Gasteiger partial charge >= 0.3 is 0 Å². The molecule has 3 heterocycles. The molecule has 6 heteroatoms. The van der Waals surface area contributed by atoms with Crippen LogP contribution in [0.5, 0.6) is 5.75 Å². The van der Waals surface area contributed by atoms with Crippen LogP contribution >= 0.6 is 0 Å². The van der Waals surface area contributed by atoms with Crippen LogP contribution in [0.3, 0.4) is 0 Å². The minimum absolute atomic E-state index is 0.0761. The van der Waals surface area contributed by atoms with Crippen LogP contribution in [-0.2, 0) is 0 Å². The van der Waals surface area contributed by atoms with Gasteiger partial charge in [-0.15, -0.1) is 10.2 Å². The molecular formula is C19H20N4O2. The molecule has 128 valence electrons. The van der Waals surface area contributed by atoms with E-state index in [2.05, 4.69) is 10.2 Å². The summed E-state index contributed by atoms with van der Waals surface area (Å²) in [5.41, 5.74) is 1.57. The predicted octanol–water partition coefficient (Wildman–Crippen LogP) is 2.76. The lowest BCUT2D eigenvalue weighted by atomic mass is 9.95. The predicted molar refractivity (Wildman–Crippen MR) is 93.9 cm³/mol. The molecule has 1 fully saturated rings. The van der Waals surface area contributed by atoms with Crippen LogP contribution in [0.25, 0.3) is 5.65 Å². The summed E-state index contributed by atoms with van der Waals surface area (Å²) in [5, 5.41) is 8.59. The number of likely N-dealkylation sites (tertiary alicyclic amines) is 1. The van der Waals surface area contributed by atoms with E-state index in [9.17, 15) is 4.79 Å². The monoisotopic (exact) mass is 336 g/mol. The zero-order chi connectivity index (χ0) is 17.2. The van der Waals surface area contributed by atoms with E-state index in [0.717, 1.165) is 43.2 Å². The highest BCUT2D eigenvalue weighted by Gasteiger charge is 2.27. The first kappa shape index (κ1) is 15.6. The molecule has 1 aromatic carbocycles. The van der Waals surface area contributed by atoms with E-state index >= 15 is 0 Å². The number of carbonyl (C=O) groups excluding carboxylic acids is 1. The number of nitrogens with zero attached hydrogens (tertiary/aromatic N) is 4. The van der Waals surface area contributed by atoms with Gasteiger partial charge in [0, 0.05) is 30.8 Å². The Morgan fingerprint density at radius 2 is 1.84 bits per heavy atom. The lowest BCUT2D eigenvalue weighted by Crippen LogP contribution is -2.38. The molecule has 1 aliphatic rings. The standard InChI is InChI=1S/C19H20N4O2/c1-25-16-7-5-15(6-8-16)19(24)22-12-9-14(10-13-22)18-21-20-17-4-2-3-11-23(17)18/h2-8,11,14H,9-10,12-13H2,1H3. The van der Waals surface area contributed by atoms with Crippen LogP contribution in [0.15, 0.2) is 48.7 Å². The largest absolute Gasteiger partial charge is 0.497 e. The number of piperidine rings is 1. The lowest BCUT2D eigenvalue weighted by Gasteiger charge is -2.31. The first-order valence-electron chi connectivity index (χ1n) is 8.49. The van der Waals surface area contributed by atoms with Crippen molar-refractivity contribution in [3.8, 4) is 5.75 Å². The van der Waals surface area contributed by atoms with Crippen molar-refractivity contribution in [3.63, 3.8) is 0 Å². The van der Waals surface area contributed by atoms with Gasteiger partial charge < -0.3 is 9.64 Å². The average Bonchev–Trinajstić information content (AvgIpc) is 3.12. The molecule has 6 nitrogen and oxygen atoms in total. The van der Waals surface area contributed by atoms with Gasteiger partial charge in [0.25, 0.3) is 5.91 Å². The van der Waals surface area contributed by atoms with E-state index in [1.807, 2.05) is 58.0 Å². The summed E-state index contributed by atoms with van der Waals surface area (Å²) >= 11 is 0. The second-order valence-electron chi connectivity index (χ2n) is 6.28. The second kappa shape index (κ2) is 6.55. The molecule has 25 heavy (non-hydrogen) atoms. The summed E-state index contributed by atoms with van der Waals surface area (Å²) in [6.45, 7) is 1.47. The first-order chi connectivity index (χ1) is 12.3. The Labute approximate surface area is 146 Å². The van der Waals surface area contributed by atoms with E-state index < -0.39 is 0 Å². The van der Waals surface area contributed by atoms with Gasteiger partial charge in [0.15, 0.2) is 5.65 Å². The molecule has 0 bridgehead atoms. The quantitative estimate of drug-likeness (QED) is 0.738. The van der Waals surface area contributed by atoms with Gasteiger partial charge in [-0.05, 0) is 49.2 Å². The number of benzene rings is 1. The minimum atomic E-state index is 0.0761. The smallest absolute Gasteiger partial charge is 0.253 e. The Morgan fingerprint density at radius 3 is 2.56 bits per heavy atom. The number of methoxy groups -OCH3 is 1. The third kappa shape index (κ3) is 2.95. The molecule has 2 aromatic heterocycles. The molecule has 0 spiro atoms. The fourth-order valence-corrected chi connectivity index (χ4v) is 3.40. The van der Waals surface area contributed by atoms with Crippen molar-refractivity contribution in [3.05, 3.63) is 60.0 Å². The van der Waals surface area contributed by atoms with E-state index in [0.29, 0.717) is 11.5 Å². The van der Waals surface area contributed by atoms with Gasteiger partial charge in [-0.1, -0.05) is 6.07 Å². The molecule has 1 saturated heterocycles. The third-order valence-electron chi connectivity index (χ3n) is 4.82. The maximum Gasteiger partial charge on any atom is 0.253 e. The summed E-state index contributed by atoms with van der Waals surface area (Å²) in [5.74, 6) is 2.16. The lowest BCUT2D eigenvalue weighted by molar-refractivity contribution is 0.0711. The number of carbonyl (C=O) groups is 1. The Bertz CT molecular complexity index is 880. The van der Waals surface area contributed by atoms with E-state index in [-0.39, 0.29) is 5.91 Å². The maximum atomic E-state index is 12.7. The van der Waals surface area contributed by atoms with E-state index in [1.165, 1.54) is 0 Å². The molecule has 0 atom stereocenters. The summed E-state index contributed by atoms with van der Waals surface area (Å²) in [6.07, 6.45) is 3.80. The van der Waals surface area contributed by atoms with Crippen LogP contribution in [0.4, 0.5) is 0 Å². The number of pyridine rings is 1. The van der Waals surface area contributed by atoms with Gasteiger partial charge in [0.2, 0.25) is 0 Å². The fourth-order valence-electron chi connectivity index (χ4n) is 3.40. The molecule has 0 aliphatic carbocycles. The number of ether oxygens (including phenoxy) is 1. The van der Waals surface area contributed by atoms with Crippen molar-refractivity contribution in [2.24, 2.45) is 0 Å². The SMILES string of the molecule is COc1ccc(C(=O)N2CCC(c3nnc4ccccn34)CC2)cc1. The van der Waals surface area contributed by atoms with Crippen LogP contribution in [-0.4, -0.2) is 45.6 Å². The molecule has 0 saturated carbocycles. The Balaban J connectivity index is 1.44. The Hall–Kier alpha value is -2.89. The second-order valence-corrected chi connectivity index (χ2v) is 6.28. The number of fused-ring (bicyclic) bond motifs is 1. The summed E-state index contributed by atoms with van der Waals surface area (Å²) in [4.78, 5) is 14.6. The Kier molecular flexibility index (Phi) is 4.09. The number of amides is 1. The highest BCUT2D eigenvalue weighted by Crippen LogP contribution is 2.28. The summed E-state index contributed by atoms with van der Waals surface area (Å²) in [7, 11) is 1.62. The molecule has 0 radical (unpaired) electrons. The van der Waals surface area contributed by atoms with Crippen molar-refractivity contribution in [2.45, 2.75) is 18.8 Å². The van der Waals surface area contributed by atoms with Gasteiger partial charge in [-0.2, -0.15) is 0 Å². The number of hydrogen-bond donors (Lipinski definition) is 0. The van der Waals surface area contributed by atoms with E-state index in [4.69, 9.17) is 4.74 Å². The maximum absolute atomic E-state index is 12.7. The number of rotatable bonds is 3. The van der Waals surface area contributed by atoms with Gasteiger partial charge in [0.1, 0.15) is 11.6 Å². The third-order valence-corrected chi connectivity index (χ3v) is 4.82. The van der Waals surface area contributed by atoms with Crippen molar-refractivity contribution < 1.29 is 9.53 Å². The highest BCUT2D eigenvalue weighted by atomic mass is 16.5. The molecule has 1 aliphatic heterocycles. The minimum Gasteiger partial charge on any atom is -0.497 e. The molecular weight excluding hydrogens is 316 g/mol. The van der Waals surface area contributed by atoms with Crippen LogP contribution in [0.2, 0.25) is 0 Å². The van der Waals surface area contributed by atoms with Crippen molar-refractivity contribution >= 4 is 11.6 Å². The van der Waals surface area contributed by atoms with Crippen LogP contribution in [0, 0.1) is 0 Å². The molecule has 0 unspecified atom stereocenters. The molecule has 0 N–H and O–H groups in total. The zero-order valence-corrected chi connectivity index (χ0v) is 14.1. The summed E-state index contributed by atoms with van der Waals surface area (Å²) in [6, 6.07) is 13.2. The normalized spacial score (nSPS) is 15.5. The number of hydrogen-bond acceptors (Lipinski definition) is 4. The highest BCUT2D eigenvalue weighted by molar-refractivity contribution is 5.94. The van der Waals surface area contributed by atoms with Crippen molar-refractivity contribution in [2.75, 3.05) is 20.2 Å². The number of aromatic nitrogens is 3. The van der Waals surface area contributed by atoms with Crippen LogP contribution < -0.4 is 4.74 Å². The van der Waals surface area contributed by atoms with Crippen molar-refractivity contribution in [1.29, 1.82) is 0 Å². The van der Waals surface area contributed by atoms with Gasteiger partial charge in [-0.3, -0.25) is 9.20 Å². The van der Waals surface area contributed by atoms with Crippen LogP contribution in [0.1, 0.15) is 34.9 Å². The first-order valence-corrected chi connectivity index (χ1v) is 8.49. The molecule has 1 amide bonds. The molecule has 4 rings (SSSR count). The van der Waals surface area contributed by atoms with E-state index in [1.54, 1.807) is 7.11 Å². The van der Waals surface area contributed by atoms with Crippen molar-refractivity contribution in [1.82, 2.24) is 19.5 Å². The Morgan fingerprint density at radius 1 is 1.08 bits per heavy atom. The van der Waals surface area contributed by atoms with Gasteiger partial charge in [-0.25, -0.2) is 0 Å². The molecule has 3 aromatic rings. The summed E-state index contributed by atoms with van der Waals surface area (Å²) < 4.78 is 7.19. The topological polar surface area (TPSA) is 59.7 Å². The van der Waals surface area contributed by atoms with Gasteiger partial charge in [0.05, 0.1) is 7.11 Å². The fraction of sp³-hybridized carbons (Fsp3) is 0.316.